The number of rotatable bonds is 3. The first kappa shape index (κ1) is 11.8. The van der Waals surface area contributed by atoms with Gasteiger partial charge in [-0.3, -0.25) is 4.98 Å². The molecule has 0 spiro atoms. The van der Waals surface area contributed by atoms with E-state index >= 15 is 0 Å². The molecule has 0 aliphatic rings. The largest absolute Gasteiger partial charge is 0.464 e. The number of hydrogen-bond donors (Lipinski definition) is 0. The molecule has 3 aromatic rings. The van der Waals surface area contributed by atoms with E-state index in [1.807, 2.05) is 36.4 Å². The first-order valence-electron chi connectivity index (χ1n) is 5.74. The number of pyridine rings is 1. The highest BCUT2D eigenvalue weighted by Crippen LogP contribution is 2.35. The van der Waals surface area contributed by atoms with Crippen molar-refractivity contribution < 1.29 is 9.15 Å². The second-order valence-corrected chi connectivity index (χ2v) is 4.35. The molecule has 0 saturated carbocycles. The third-order valence-electron chi connectivity index (χ3n) is 2.59. The maximum absolute atomic E-state index is 6.03. The first-order valence-corrected chi connectivity index (χ1v) is 6.12. The number of nitrogens with zero attached hydrogens (tertiary/aromatic N) is 1. The Morgan fingerprint density at radius 3 is 2.79 bits per heavy atom. The average molecular weight is 272 g/mol. The number of aromatic nitrogens is 1. The normalized spacial score (nSPS) is 10.4. The first-order chi connectivity index (χ1) is 9.33. The molecule has 0 aliphatic heterocycles. The minimum atomic E-state index is 0.630. The van der Waals surface area contributed by atoms with Crippen LogP contribution in [-0.4, -0.2) is 4.98 Å². The Morgan fingerprint density at radius 2 is 2.05 bits per heavy atom. The van der Waals surface area contributed by atoms with Gasteiger partial charge in [0.15, 0.2) is 0 Å². The van der Waals surface area contributed by atoms with Crippen molar-refractivity contribution in [1.82, 2.24) is 4.98 Å². The molecule has 94 valence electrons. The maximum atomic E-state index is 6.03. The molecule has 3 rings (SSSR count). The third-order valence-corrected chi connectivity index (χ3v) is 2.83. The molecule has 0 fully saturated rings. The summed E-state index contributed by atoms with van der Waals surface area (Å²) < 4.78 is 11.2. The van der Waals surface area contributed by atoms with Gasteiger partial charge in [0.05, 0.1) is 18.0 Å². The van der Waals surface area contributed by atoms with Gasteiger partial charge in [0.1, 0.15) is 17.3 Å². The van der Waals surface area contributed by atoms with E-state index in [0.29, 0.717) is 22.3 Å². The number of benzene rings is 1. The molecule has 19 heavy (non-hydrogen) atoms. The summed E-state index contributed by atoms with van der Waals surface area (Å²) in [6.07, 6.45) is 4.97. The van der Waals surface area contributed by atoms with Crippen molar-refractivity contribution in [3.63, 3.8) is 0 Å². The quantitative estimate of drug-likeness (QED) is 0.687. The van der Waals surface area contributed by atoms with Crippen LogP contribution in [0.5, 0.6) is 11.5 Å². The molecule has 0 bridgehead atoms. The van der Waals surface area contributed by atoms with Gasteiger partial charge in [-0.2, -0.15) is 0 Å². The van der Waals surface area contributed by atoms with Crippen molar-refractivity contribution >= 4 is 11.6 Å². The van der Waals surface area contributed by atoms with Crippen LogP contribution in [0.15, 0.2) is 65.5 Å². The van der Waals surface area contributed by atoms with Crippen LogP contribution in [0, 0.1) is 0 Å². The molecule has 0 unspecified atom stereocenters. The summed E-state index contributed by atoms with van der Waals surface area (Å²) in [5, 5.41) is 0.630. The summed E-state index contributed by atoms with van der Waals surface area (Å²) >= 11 is 6.03. The van der Waals surface area contributed by atoms with Gasteiger partial charge < -0.3 is 9.15 Å². The lowest BCUT2D eigenvalue weighted by Gasteiger charge is -2.09. The molecular formula is C15H10ClNO2. The predicted octanol–water partition coefficient (Wildman–Crippen LogP) is 4.79. The molecular weight excluding hydrogens is 262 g/mol. The van der Waals surface area contributed by atoms with Gasteiger partial charge in [-0.25, -0.2) is 0 Å². The van der Waals surface area contributed by atoms with Gasteiger partial charge in [-0.15, -0.1) is 0 Å². The maximum Gasteiger partial charge on any atom is 0.145 e. The SMILES string of the molecule is Clc1ccc(Oc2cccnc2)c(-c2ccco2)c1. The number of ether oxygens (including phenoxy) is 1. The van der Waals surface area contributed by atoms with Crippen LogP contribution in [0.25, 0.3) is 11.3 Å². The van der Waals surface area contributed by atoms with E-state index in [-0.39, 0.29) is 0 Å². The molecule has 2 aromatic heterocycles. The van der Waals surface area contributed by atoms with E-state index in [2.05, 4.69) is 4.98 Å². The highest BCUT2D eigenvalue weighted by molar-refractivity contribution is 6.30. The Kier molecular flexibility index (Phi) is 3.21. The van der Waals surface area contributed by atoms with E-state index in [9.17, 15) is 0 Å². The Morgan fingerprint density at radius 1 is 1.11 bits per heavy atom. The molecule has 2 heterocycles. The minimum Gasteiger partial charge on any atom is -0.464 e. The van der Waals surface area contributed by atoms with E-state index in [4.69, 9.17) is 20.8 Å². The Hall–Kier alpha value is -2.26. The van der Waals surface area contributed by atoms with Crippen molar-refractivity contribution in [3.05, 3.63) is 66.1 Å². The lowest BCUT2D eigenvalue weighted by atomic mass is 10.1. The molecule has 4 heteroatoms. The highest BCUT2D eigenvalue weighted by Gasteiger charge is 2.10. The Labute approximate surface area is 115 Å². The van der Waals surface area contributed by atoms with Crippen molar-refractivity contribution in [2.45, 2.75) is 0 Å². The number of furan rings is 1. The zero-order valence-electron chi connectivity index (χ0n) is 9.92. The smallest absolute Gasteiger partial charge is 0.145 e. The molecule has 0 N–H and O–H groups in total. The zero-order valence-corrected chi connectivity index (χ0v) is 10.7. The van der Waals surface area contributed by atoms with Gasteiger partial charge in [-0.1, -0.05) is 11.6 Å². The highest BCUT2D eigenvalue weighted by atomic mass is 35.5. The van der Waals surface area contributed by atoms with Crippen LogP contribution >= 0.6 is 11.6 Å². The Bertz CT molecular complexity index is 666. The fourth-order valence-corrected chi connectivity index (χ4v) is 1.92. The van der Waals surface area contributed by atoms with Crippen LogP contribution in [0.2, 0.25) is 5.02 Å². The van der Waals surface area contributed by atoms with E-state index < -0.39 is 0 Å². The molecule has 1 aromatic carbocycles. The summed E-state index contributed by atoms with van der Waals surface area (Å²) in [7, 11) is 0. The molecule has 3 nitrogen and oxygen atoms in total. The number of halogens is 1. The molecule has 0 atom stereocenters. The van der Waals surface area contributed by atoms with Crippen molar-refractivity contribution in [2.24, 2.45) is 0 Å². The van der Waals surface area contributed by atoms with E-state index in [1.54, 1.807) is 24.7 Å². The molecule has 0 radical (unpaired) electrons. The van der Waals surface area contributed by atoms with Gasteiger partial charge in [0.2, 0.25) is 0 Å². The summed E-state index contributed by atoms with van der Waals surface area (Å²) in [6.45, 7) is 0. The van der Waals surface area contributed by atoms with Crippen LogP contribution in [0.1, 0.15) is 0 Å². The van der Waals surface area contributed by atoms with Crippen LogP contribution in [-0.2, 0) is 0 Å². The summed E-state index contributed by atoms with van der Waals surface area (Å²) in [6, 6.07) is 12.7. The summed E-state index contributed by atoms with van der Waals surface area (Å²) in [5.74, 6) is 2.05. The predicted molar refractivity (Wildman–Crippen MR) is 73.5 cm³/mol. The van der Waals surface area contributed by atoms with Crippen molar-refractivity contribution in [2.75, 3.05) is 0 Å². The molecule has 0 saturated heterocycles. The number of hydrogen-bond acceptors (Lipinski definition) is 3. The van der Waals surface area contributed by atoms with Crippen molar-refractivity contribution in [3.8, 4) is 22.8 Å². The zero-order chi connectivity index (χ0) is 13.1. The average Bonchev–Trinajstić information content (AvgIpc) is 2.96. The molecule has 0 aliphatic carbocycles. The van der Waals surface area contributed by atoms with Crippen LogP contribution in [0.4, 0.5) is 0 Å². The topological polar surface area (TPSA) is 35.3 Å². The van der Waals surface area contributed by atoms with Crippen LogP contribution in [0.3, 0.4) is 0 Å². The summed E-state index contributed by atoms with van der Waals surface area (Å²) in [4.78, 5) is 4.02. The van der Waals surface area contributed by atoms with Gasteiger partial charge in [0.25, 0.3) is 0 Å². The second-order valence-electron chi connectivity index (χ2n) is 3.91. The fraction of sp³-hybridized carbons (Fsp3) is 0. The van der Waals surface area contributed by atoms with Gasteiger partial charge in [0, 0.05) is 11.2 Å². The molecule has 0 amide bonds. The Balaban J connectivity index is 2.02. The second kappa shape index (κ2) is 5.16. The van der Waals surface area contributed by atoms with E-state index in [1.165, 1.54) is 0 Å². The third kappa shape index (κ3) is 2.61. The van der Waals surface area contributed by atoms with Crippen molar-refractivity contribution in [1.29, 1.82) is 0 Å². The lowest BCUT2D eigenvalue weighted by molar-refractivity contribution is 0.478. The van der Waals surface area contributed by atoms with E-state index in [0.717, 1.165) is 5.56 Å². The van der Waals surface area contributed by atoms with Gasteiger partial charge >= 0.3 is 0 Å². The standard InChI is InChI=1S/C15H10ClNO2/c16-11-5-6-15(19-12-3-1-7-17-10-12)13(9-11)14-4-2-8-18-14/h1-10H. The fourth-order valence-electron chi connectivity index (χ4n) is 1.75. The lowest BCUT2D eigenvalue weighted by Crippen LogP contribution is -1.88. The monoisotopic (exact) mass is 271 g/mol. The summed E-state index contributed by atoms with van der Waals surface area (Å²) in [5.41, 5.74) is 0.807. The van der Waals surface area contributed by atoms with Crippen LogP contribution < -0.4 is 4.74 Å². The van der Waals surface area contributed by atoms with Gasteiger partial charge in [-0.05, 0) is 42.5 Å². The minimum absolute atomic E-state index is 0.630.